The van der Waals surface area contributed by atoms with Gasteiger partial charge in [0.1, 0.15) is 5.76 Å². The molecule has 0 aromatic rings. The molecule has 4 N–H and O–H groups in total. The van der Waals surface area contributed by atoms with E-state index in [0.717, 1.165) is 0 Å². The zero-order valence-corrected chi connectivity index (χ0v) is 19.4. The fourth-order valence-electron chi connectivity index (χ4n) is 0.563. The van der Waals surface area contributed by atoms with E-state index in [0.29, 0.717) is 0 Å². The number of hydrogen-bond donors (Lipinski definition) is 3. The fourth-order valence-corrected chi connectivity index (χ4v) is 0.563. The van der Waals surface area contributed by atoms with Gasteiger partial charge in [-0.25, -0.2) is 0 Å². The van der Waals surface area contributed by atoms with Gasteiger partial charge in [-0.1, -0.05) is 20.8 Å². The summed E-state index contributed by atoms with van der Waals surface area (Å²) in [4.78, 5) is 9.60. The molecule has 0 fully saturated rings. The smallest absolute Gasteiger partial charge is 0.325 e. The van der Waals surface area contributed by atoms with Crippen molar-refractivity contribution < 1.29 is 41.8 Å². The van der Waals surface area contributed by atoms with E-state index >= 15 is 0 Å². The Bertz CT molecular complexity index is 348. The van der Waals surface area contributed by atoms with Crippen molar-refractivity contribution in [3.8, 4) is 0 Å². The molecular formula is C19H41O4Ti+. The third-order valence-corrected chi connectivity index (χ3v) is 1.81. The minimum absolute atomic E-state index is 0. The van der Waals surface area contributed by atoms with Gasteiger partial charge >= 0.3 is 5.78 Å². The molecule has 0 aromatic carbocycles. The van der Waals surface area contributed by atoms with Gasteiger partial charge in [0.25, 0.3) is 0 Å². The first-order chi connectivity index (χ1) is 9.55. The molecule has 0 spiro atoms. The van der Waals surface area contributed by atoms with Crippen LogP contribution in [-0.2, 0) is 21.7 Å². The van der Waals surface area contributed by atoms with Crippen molar-refractivity contribution in [1.29, 1.82) is 0 Å². The van der Waals surface area contributed by atoms with Gasteiger partial charge in [0.2, 0.25) is 0 Å². The van der Waals surface area contributed by atoms with E-state index in [4.69, 9.17) is 10.2 Å². The van der Waals surface area contributed by atoms with Gasteiger partial charge in [-0.05, 0) is 62.3 Å². The largest absolute Gasteiger partial charge is 0.511 e. The Balaban J connectivity index is -0.000000151. The quantitative estimate of drug-likeness (QED) is 0.268. The average Bonchev–Trinajstić information content (AvgIpc) is 2.08. The summed E-state index contributed by atoms with van der Waals surface area (Å²) in [5, 5.41) is 26.6. The van der Waals surface area contributed by atoms with E-state index in [-0.39, 0.29) is 44.1 Å². The molecule has 0 radical (unpaired) electrons. The number of ketones is 1. The average molecular weight is 381 g/mol. The van der Waals surface area contributed by atoms with Crippen LogP contribution in [0.3, 0.4) is 0 Å². The number of aliphatic hydroxyl groups excluding tert-OH is 1. The number of hydrogen-bond acceptors (Lipinski definition) is 3. The number of rotatable bonds is 1. The second kappa shape index (κ2) is 11.5. The molecular weight excluding hydrogens is 340 g/mol. The standard InChI is InChI=1S/C11H20O2.2C4H10O.Ti/c1-10(2,3)8(12)7-9(13)11(4,5)6;2*1-4(2,3)5;/h7,12H,1-6H3;2*5H,1-3H3;/p+1/b8-7-;;;. The summed E-state index contributed by atoms with van der Waals surface area (Å²) in [6.45, 7) is 21.8. The van der Waals surface area contributed by atoms with E-state index in [1.807, 2.05) is 41.5 Å². The van der Waals surface area contributed by atoms with Crippen LogP contribution in [0, 0.1) is 10.8 Å². The molecule has 0 heterocycles. The maximum atomic E-state index is 9.60. The minimum atomic E-state index is -0.500. The van der Waals surface area contributed by atoms with Crippen molar-refractivity contribution in [3.63, 3.8) is 0 Å². The summed E-state index contributed by atoms with van der Waals surface area (Å²) in [5.41, 5.74) is -1.61. The molecule has 0 saturated carbocycles. The second-order valence-corrected chi connectivity index (χ2v) is 9.76. The third kappa shape index (κ3) is 37.8. The Kier molecular flexibility index (Phi) is 15.1. The Hall–Kier alpha value is -0.156. The second-order valence-electron chi connectivity index (χ2n) is 9.76. The summed E-state index contributed by atoms with van der Waals surface area (Å²) in [6.07, 6.45) is 1.44. The van der Waals surface area contributed by atoms with Gasteiger partial charge in [-0.3, -0.25) is 4.79 Å². The van der Waals surface area contributed by atoms with Crippen LogP contribution in [0.4, 0.5) is 0 Å². The first-order valence-corrected chi connectivity index (χ1v) is 7.97. The first kappa shape index (κ1) is 31.6. The topological polar surface area (TPSA) is 82.1 Å². The van der Waals surface area contributed by atoms with Gasteiger partial charge < -0.3 is 15.3 Å². The maximum Gasteiger partial charge on any atom is 0.325 e. The van der Waals surface area contributed by atoms with Gasteiger partial charge in [0, 0.05) is 27.1 Å². The van der Waals surface area contributed by atoms with Gasteiger partial charge in [-0.15, -0.1) is 0 Å². The number of allylic oxidation sites excluding steroid dienone is 2. The van der Waals surface area contributed by atoms with Gasteiger partial charge in [0.05, 0.1) is 22.7 Å². The van der Waals surface area contributed by atoms with Gasteiger partial charge in [-0.2, -0.15) is 0 Å². The molecule has 0 aliphatic heterocycles. The third-order valence-electron chi connectivity index (χ3n) is 1.81. The molecule has 0 aliphatic carbocycles. The monoisotopic (exact) mass is 381 g/mol. The van der Waals surface area contributed by atoms with Gasteiger partial charge in [0.15, 0.2) is 0 Å². The van der Waals surface area contributed by atoms with Crippen LogP contribution in [0.25, 0.3) is 0 Å². The zero-order valence-electron chi connectivity index (χ0n) is 17.9. The van der Waals surface area contributed by atoms with Crippen molar-refractivity contribution in [2.75, 3.05) is 0 Å². The van der Waals surface area contributed by atoms with Crippen molar-refractivity contribution in [1.82, 2.24) is 0 Å². The Labute approximate surface area is 164 Å². The molecule has 0 aliphatic rings. The molecule has 0 atom stereocenters. The Morgan fingerprint density at radius 2 is 0.875 bits per heavy atom. The summed E-state index contributed by atoms with van der Waals surface area (Å²) in [6, 6.07) is 0. The zero-order chi connectivity index (χ0) is 19.9. The fraction of sp³-hybridized carbons (Fsp3) is 0.842. The van der Waals surface area contributed by atoms with Crippen LogP contribution in [0.2, 0.25) is 0 Å². The number of aliphatic hydroxyl groups is 3. The molecule has 0 saturated heterocycles. The van der Waals surface area contributed by atoms with E-state index in [2.05, 4.69) is 0 Å². The molecule has 0 amide bonds. The molecule has 0 unspecified atom stereocenters. The molecule has 0 rings (SSSR count). The van der Waals surface area contributed by atoms with Crippen molar-refractivity contribution in [3.05, 3.63) is 11.8 Å². The normalized spacial score (nSPS) is 12.8. The van der Waals surface area contributed by atoms with Crippen molar-refractivity contribution in [2.45, 2.75) is 94.3 Å². The number of carbonyl (C=O) groups excluding carboxylic acids is 1. The van der Waals surface area contributed by atoms with Crippen LogP contribution in [0.15, 0.2) is 11.8 Å². The van der Waals surface area contributed by atoms with E-state index in [1.54, 1.807) is 41.5 Å². The minimum Gasteiger partial charge on any atom is -0.511 e. The molecule has 5 heteroatoms. The maximum absolute atomic E-state index is 9.60. The first-order valence-electron chi connectivity index (χ1n) is 7.97. The molecule has 0 bridgehead atoms. The van der Waals surface area contributed by atoms with E-state index < -0.39 is 11.2 Å². The van der Waals surface area contributed by atoms with Crippen LogP contribution in [0.5, 0.6) is 0 Å². The van der Waals surface area contributed by atoms with Crippen molar-refractivity contribution >= 4 is 5.78 Å². The van der Waals surface area contributed by atoms with E-state index in [1.165, 1.54) is 6.08 Å². The van der Waals surface area contributed by atoms with Crippen LogP contribution in [-0.4, -0.2) is 37.1 Å². The molecule has 4 nitrogen and oxygen atoms in total. The molecule has 0 aromatic heterocycles. The van der Waals surface area contributed by atoms with Crippen LogP contribution < -0.4 is 0 Å². The summed E-state index contributed by atoms with van der Waals surface area (Å²) >= 11 is 0. The molecule has 24 heavy (non-hydrogen) atoms. The molecule has 144 valence electrons. The Morgan fingerprint density at radius 1 is 0.667 bits per heavy atom. The summed E-state index contributed by atoms with van der Waals surface area (Å²) in [7, 11) is 0. The van der Waals surface area contributed by atoms with Crippen molar-refractivity contribution in [2.24, 2.45) is 10.8 Å². The van der Waals surface area contributed by atoms with Crippen LogP contribution in [0.1, 0.15) is 83.1 Å². The predicted molar refractivity (Wildman–Crippen MR) is 101 cm³/mol. The summed E-state index contributed by atoms with van der Waals surface area (Å²) in [5.74, 6) is 0.417. The predicted octanol–water partition coefficient (Wildman–Crippen LogP) is 4.62. The van der Waals surface area contributed by atoms with E-state index in [9.17, 15) is 9.90 Å². The van der Waals surface area contributed by atoms with Crippen LogP contribution >= 0.6 is 0 Å². The summed E-state index contributed by atoms with van der Waals surface area (Å²) < 4.78 is 0. The Morgan fingerprint density at radius 3 is 1.00 bits per heavy atom. The SMILES string of the molecule is CC(C)(C)C(=[OH+])/C=C(\O)C(C)(C)C.CC(C)(C)O.CC(C)(C)O.[Ti].